The van der Waals surface area contributed by atoms with E-state index >= 15 is 0 Å². The molecular weight excluding hydrogens is 519 g/mol. The summed E-state index contributed by atoms with van der Waals surface area (Å²) in [5, 5.41) is 1.57. The molecule has 2 aliphatic carbocycles. The number of fused-ring (bicyclic) bond motifs is 2. The average Bonchev–Trinajstić information content (AvgIpc) is 3.42. The number of sulfone groups is 1. The van der Waals surface area contributed by atoms with E-state index in [1.165, 1.54) is 18.2 Å². The van der Waals surface area contributed by atoms with Crippen LogP contribution in [0, 0.1) is 29.3 Å². The molecule has 0 radical (unpaired) electrons. The van der Waals surface area contributed by atoms with Gasteiger partial charge in [-0.3, -0.25) is 4.79 Å². The van der Waals surface area contributed by atoms with E-state index in [-0.39, 0.29) is 45.4 Å². The van der Waals surface area contributed by atoms with Crippen LogP contribution >= 0.6 is 11.6 Å². The van der Waals surface area contributed by atoms with Crippen molar-refractivity contribution >= 4 is 33.0 Å². The van der Waals surface area contributed by atoms with Gasteiger partial charge in [-0.25, -0.2) is 21.6 Å². The number of ether oxygens (including phenoxy) is 2. The Morgan fingerprint density at radius 3 is 2.31 bits per heavy atom. The van der Waals surface area contributed by atoms with Crippen LogP contribution in [0.3, 0.4) is 0 Å². The third-order valence-corrected chi connectivity index (χ3v) is 10.0. The fourth-order valence-corrected chi connectivity index (χ4v) is 8.03. The summed E-state index contributed by atoms with van der Waals surface area (Å²) >= 11 is 6.26. The lowest BCUT2D eigenvalue weighted by Crippen LogP contribution is -2.40. The molecule has 2 aromatic carbocycles. The van der Waals surface area contributed by atoms with Crippen molar-refractivity contribution in [3.8, 4) is 0 Å². The first-order chi connectivity index (χ1) is 17.1. The van der Waals surface area contributed by atoms with Crippen LogP contribution in [0.4, 0.5) is 18.9 Å². The van der Waals surface area contributed by atoms with E-state index in [1.807, 2.05) is 0 Å². The Labute approximate surface area is 212 Å². The summed E-state index contributed by atoms with van der Waals surface area (Å²) in [7, 11) is -3.89. The fourth-order valence-electron chi connectivity index (χ4n) is 5.60. The van der Waals surface area contributed by atoms with Crippen LogP contribution in [0.2, 0.25) is 5.02 Å². The molecule has 11 heteroatoms. The first-order valence-electron chi connectivity index (χ1n) is 11.9. The Morgan fingerprint density at radius 1 is 1.03 bits per heavy atom. The van der Waals surface area contributed by atoms with Gasteiger partial charge in [0.1, 0.15) is 0 Å². The smallest absolute Gasteiger partial charge is 0.255 e. The van der Waals surface area contributed by atoms with E-state index in [9.17, 15) is 26.4 Å². The minimum atomic E-state index is -3.89. The highest BCUT2D eigenvalue weighted by molar-refractivity contribution is 7.92. The number of amides is 1. The van der Waals surface area contributed by atoms with E-state index in [0.717, 1.165) is 25.7 Å². The van der Waals surface area contributed by atoms with Crippen molar-refractivity contribution in [3.05, 3.63) is 58.4 Å². The zero-order valence-corrected chi connectivity index (χ0v) is 20.8. The highest BCUT2D eigenvalue weighted by atomic mass is 35.5. The first-order valence-corrected chi connectivity index (χ1v) is 13.8. The van der Waals surface area contributed by atoms with Crippen molar-refractivity contribution < 1.29 is 35.9 Å². The van der Waals surface area contributed by atoms with E-state index in [0.29, 0.717) is 31.6 Å². The predicted octanol–water partition coefficient (Wildman–Crippen LogP) is 5.49. The monoisotopic (exact) mass is 543 g/mol. The SMILES string of the molecule is O=C(Nc1cc(F)c(F)c(F)c1)c1ccc(Cl)c(S(=O)(=O)[C@@H]2CC3CC[C@@H](C2)[C@@H]3OC2CCCO2)c1. The van der Waals surface area contributed by atoms with Gasteiger partial charge in [-0.15, -0.1) is 0 Å². The molecule has 0 spiro atoms. The number of rotatable bonds is 6. The molecule has 5 atom stereocenters. The van der Waals surface area contributed by atoms with Gasteiger partial charge in [0.25, 0.3) is 5.91 Å². The van der Waals surface area contributed by atoms with Gasteiger partial charge in [0.05, 0.1) is 21.3 Å². The van der Waals surface area contributed by atoms with Crippen LogP contribution in [0.15, 0.2) is 35.2 Å². The summed E-state index contributed by atoms with van der Waals surface area (Å²) in [6.45, 7) is 0.678. The third kappa shape index (κ3) is 4.88. The maximum Gasteiger partial charge on any atom is 0.255 e. The van der Waals surface area contributed by atoms with Crippen molar-refractivity contribution in [2.45, 2.75) is 61.1 Å². The Balaban J connectivity index is 1.34. The maximum atomic E-state index is 13.6. The lowest BCUT2D eigenvalue weighted by Gasteiger charge is -2.36. The first kappa shape index (κ1) is 25.5. The lowest BCUT2D eigenvalue weighted by molar-refractivity contribution is -0.169. The number of anilines is 1. The predicted molar refractivity (Wildman–Crippen MR) is 126 cm³/mol. The molecule has 3 aliphatic rings. The number of benzene rings is 2. The normalized spacial score (nSPS) is 27.8. The molecule has 3 fully saturated rings. The van der Waals surface area contributed by atoms with Crippen LogP contribution in [0.25, 0.3) is 0 Å². The second-order valence-electron chi connectivity index (χ2n) is 9.63. The Hall–Kier alpha value is -2.14. The molecule has 36 heavy (non-hydrogen) atoms. The van der Waals surface area contributed by atoms with E-state index < -0.39 is 38.4 Å². The molecule has 1 saturated heterocycles. The molecule has 6 nitrogen and oxygen atoms in total. The summed E-state index contributed by atoms with van der Waals surface area (Å²) in [4.78, 5) is 12.5. The van der Waals surface area contributed by atoms with Crippen molar-refractivity contribution in [2.24, 2.45) is 11.8 Å². The van der Waals surface area contributed by atoms with Gasteiger partial charge in [0, 0.05) is 36.4 Å². The van der Waals surface area contributed by atoms with E-state index in [4.69, 9.17) is 21.1 Å². The standard InChI is InChI=1S/C25H25ClF3NO5S/c26-18-6-5-15(25(31)30-16-11-19(27)23(29)20(28)12-16)10-21(18)36(32,33)17-8-13-3-4-14(9-17)24(13)35-22-2-1-7-34-22/h5-6,10-14,17,22,24H,1-4,7-9H2,(H,30,31)/t13-,14?,17-,22?,24-/m0/s1. The van der Waals surface area contributed by atoms with Gasteiger partial charge in [0.2, 0.25) is 0 Å². The Bertz CT molecular complexity index is 1250. The molecule has 1 heterocycles. The lowest BCUT2D eigenvalue weighted by atomic mass is 9.85. The molecule has 0 aromatic heterocycles. The number of carbonyl (C=O) groups excluding carboxylic acids is 1. The van der Waals surface area contributed by atoms with Crippen molar-refractivity contribution in [1.82, 2.24) is 0 Å². The summed E-state index contributed by atoms with van der Waals surface area (Å²) in [6.07, 6.45) is 4.18. The number of hydrogen-bond acceptors (Lipinski definition) is 5. The number of carbonyl (C=O) groups is 1. The molecule has 2 bridgehead atoms. The van der Waals surface area contributed by atoms with Crippen LogP contribution in [0.5, 0.6) is 0 Å². The molecule has 2 saturated carbocycles. The van der Waals surface area contributed by atoms with Crippen molar-refractivity contribution in [2.75, 3.05) is 11.9 Å². The van der Waals surface area contributed by atoms with Crippen molar-refractivity contribution in [1.29, 1.82) is 0 Å². The Kier molecular flexibility index (Phi) is 7.06. The van der Waals surface area contributed by atoms with Gasteiger partial charge in [-0.1, -0.05) is 11.6 Å². The van der Waals surface area contributed by atoms with Gasteiger partial charge < -0.3 is 14.8 Å². The molecule has 194 valence electrons. The van der Waals surface area contributed by atoms with Gasteiger partial charge in [-0.05, 0) is 62.1 Å². The fraction of sp³-hybridized carbons (Fsp3) is 0.480. The average molecular weight is 544 g/mol. The second-order valence-corrected chi connectivity index (χ2v) is 12.2. The second kappa shape index (κ2) is 9.96. The highest BCUT2D eigenvalue weighted by Crippen LogP contribution is 2.48. The molecule has 1 aliphatic heterocycles. The highest BCUT2D eigenvalue weighted by Gasteiger charge is 2.48. The van der Waals surface area contributed by atoms with Crippen LogP contribution < -0.4 is 5.32 Å². The quantitative estimate of drug-likeness (QED) is 0.487. The molecular formula is C25H25ClF3NO5S. The number of halogens is 4. The van der Waals surface area contributed by atoms with E-state index in [2.05, 4.69) is 5.32 Å². The van der Waals surface area contributed by atoms with Crippen molar-refractivity contribution in [3.63, 3.8) is 0 Å². The summed E-state index contributed by atoms with van der Waals surface area (Å²) in [5.41, 5.74) is -0.376. The van der Waals surface area contributed by atoms with Gasteiger partial charge in [0.15, 0.2) is 33.6 Å². The molecule has 1 amide bonds. The topological polar surface area (TPSA) is 81.7 Å². The van der Waals surface area contributed by atoms with Gasteiger partial charge >= 0.3 is 0 Å². The number of nitrogens with one attached hydrogen (secondary N) is 1. The Morgan fingerprint density at radius 2 is 1.69 bits per heavy atom. The van der Waals surface area contributed by atoms with Crippen LogP contribution in [0.1, 0.15) is 48.9 Å². The molecule has 2 aromatic rings. The third-order valence-electron chi connectivity index (χ3n) is 7.35. The largest absolute Gasteiger partial charge is 0.353 e. The molecule has 5 rings (SSSR count). The maximum absolute atomic E-state index is 13.6. The minimum Gasteiger partial charge on any atom is -0.353 e. The van der Waals surface area contributed by atoms with Crippen LogP contribution in [-0.4, -0.2) is 38.6 Å². The molecule has 1 N–H and O–H groups in total. The van der Waals surface area contributed by atoms with Gasteiger partial charge in [-0.2, -0.15) is 0 Å². The van der Waals surface area contributed by atoms with E-state index in [1.54, 1.807) is 0 Å². The van der Waals surface area contributed by atoms with Crippen LogP contribution in [-0.2, 0) is 19.3 Å². The summed E-state index contributed by atoms with van der Waals surface area (Å²) in [6, 6.07) is 5.05. The summed E-state index contributed by atoms with van der Waals surface area (Å²) in [5.74, 6) is -5.20. The zero-order valence-electron chi connectivity index (χ0n) is 19.2. The molecule has 2 unspecified atom stereocenters. The zero-order chi connectivity index (χ0) is 25.6. The summed E-state index contributed by atoms with van der Waals surface area (Å²) < 4.78 is 79.2. The number of hydrogen-bond donors (Lipinski definition) is 1. The minimum absolute atomic E-state index is 0.0181.